The van der Waals surface area contributed by atoms with Crippen molar-refractivity contribution in [3.05, 3.63) is 86.2 Å². The lowest BCUT2D eigenvalue weighted by Crippen LogP contribution is -2.11. The highest BCUT2D eigenvalue weighted by atomic mass is 35.5. The number of halogens is 2. The largest absolute Gasteiger partial charge is 0.423 e. The number of nitrogens with two attached hydrogens (primary N) is 1. The molecule has 178 valence electrons. The molecule has 8 nitrogen and oxygen atoms in total. The van der Waals surface area contributed by atoms with E-state index in [2.05, 4.69) is 9.97 Å². The molecule has 34 heavy (non-hydrogen) atoms. The molecule has 0 saturated carbocycles. The summed E-state index contributed by atoms with van der Waals surface area (Å²) in [5.41, 5.74) is 8.23. The van der Waals surface area contributed by atoms with Crippen molar-refractivity contribution in [2.75, 3.05) is 18.9 Å². The fourth-order valence-electron chi connectivity index (χ4n) is 3.11. The molecule has 2 heterocycles. The monoisotopic (exact) mass is 487 g/mol. The number of anilines is 1. The van der Waals surface area contributed by atoms with Gasteiger partial charge in [-0.1, -0.05) is 17.7 Å². The van der Waals surface area contributed by atoms with Gasteiger partial charge in [0, 0.05) is 35.8 Å². The topological polar surface area (TPSA) is 132 Å². The summed E-state index contributed by atoms with van der Waals surface area (Å²) in [6.45, 7) is 3.42. The molecule has 0 aliphatic rings. The van der Waals surface area contributed by atoms with Crippen LogP contribution < -0.4 is 16.1 Å². The first-order valence-corrected chi connectivity index (χ1v) is 10.6. The van der Waals surface area contributed by atoms with Crippen LogP contribution >= 0.6 is 11.6 Å². The molecule has 2 aromatic carbocycles. The van der Waals surface area contributed by atoms with Gasteiger partial charge in [0.25, 0.3) is 0 Å². The Hall–Kier alpha value is -3.53. The number of aliphatic hydroxyl groups excluding tert-OH is 2. The van der Waals surface area contributed by atoms with Crippen molar-refractivity contribution in [3.8, 4) is 11.8 Å². The van der Waals surface area contributed by atoms with Gasteiger partial charge >= 0.3 is 11.6 Å². The van der Waals surface area contributed by atoms with Crippen LogP contribution in [0.3, 0.4) is 0 Å². The second-order valence-electron chi connectivity index (χ2n) is 7.40. The van der Waals surface area contributed by atoms with Gasteiger partial charge in [0.1, 0.15) is 11.4 Å². The Balaban J connectivity index is 0.000000751. The summed E-state index contributed by atoms with van der Waals surface area (Å²) in [4.78, 5) is 20.8. The number of nitrogen functional groups attached to an aromatic ring is 1. The van der Waals surface area contributed by atoms with Crippen molar-refractivity contribution in [2.24, 2.45) is 0 Å². The number of aliphatic hydroxyl groups is 2. The van der Waals surface area contributed by atoms with Crippen molar-refractivity contribution in [3.63, 3.8) is 0 Å². The van der Waals surface area contributed by atoms with Crippen molar-refractivity contribution < 1.29 is 23.8 Å². The van der Waals surface area contributed by atoms with Gasteiger partial charge in [-0.2, -0.15) is 0 Å². The van der Waals surface area contributed by atoms with Gasteiger partial charge in [0.05, 0.1) is 23.9 Å². The lowest BCUT2D eigenvalue weighted by atomic mass is 9.99. The van der Waals surface area contributed by atoms with E-state index in [-0.39, 0.29) is 37.1 Å². The first-order valence-electron chi connectivity index (χ1n) is 10.2. The Morgan fingerprint density at radius 1 is 1.12 bits per heavy atom. The van der Waals surface area contributed by atoms with Gasteiger partial charge in [0.2, 0.25) is 0 Å². The van der Waals surface area contributed by atoms with E-state index >= 15 is 0 Å². The van der Waals surface area contributed by atoms with E-state index in [1.54, 1.807) is 31.5 Å². The highest BCUT2D eigenvalue weighted by molar-refractivity contribution is 6.32. The first kappa shape index (κ1) is 25.1. The van der Waals surface area contributed by atoms with Gasteiger partial charge in [-0.05, 0) is 48.7 Å². The van der Waals surface area contributed by atoms with E-state index in [1.165, 1.54) is 18.2 Å². The second-order valence-corrected chi connectivity index (χ2v) is 7.80. The van der Waals surface area contributed by atoms with Crippen LogP contribution in [0, 0.1) is 19.7 Å². The summed E-state index contributed by atoms with van der Waals surface area (Å²) in [7, 11) is 0. The van der Waals surface area contributed by atoms with Gasteiger partial charge in [-0.15, -0.1) is 0 Å². The summed E-state index contributed by atoms with van der Waals surface area (Å²) < 4.78 is 24.6. The van der Waals surface area contributed by atoms with Crippen LogP contribution in [-0.2, 0) is 6.42 Å². The molecule has 0 aliphatic carbocycles. The third-order valence-electron chi connectivity index (χ3n) is 4.84. The van der Waals surface area contributed by atoms with Gasteiger partial charge in [-0.25, -0.2) is 19.2 Å². The first-order chi connectivity index (χ1) is 16.2. The average molecular weight is 488 g/mol. The number of hydrogen-bond acceptors (Lipinski definition) is 8. The fraction of sp³-hybridized carbons (Fsp3) is 0.208. The predicted molar refractivity (Wildman–Crippen MR) is 127 cm³/mol. The van der Waals surface area contributed by atoms with Gasteiger partial charge in [-0.3, -0.25) is 0 Å². The van der Waals surface area contributed by atoms with E-state index in [0.717, 1.165) is 5.56 Å². The van der Waals surface area contributed by atoms with E-state index in [9.17, 15) is 9.18 Å². The standard InChI is InChI=1S/C22H17ClFN3O3.C2H6O2/c1-11-9-26-22(27-10-11)30-20-8-19-14(7-16(20)23)12(2)15(21(28)29-19)5-13-3-4-17(24)18(25)6-13;3-1-2-4/h3-4,6-10H,5,25H2,1-2H3;3-4H,1-2H2. The molecule has 0 fully saturated rings. The number of benzene rings is 2. The molecule has 0 bridgehead atoms. The summed E-state index contributed by atoms with van der Waals surface area (Å²) in [6, 6.07) is 7.70. The Bertz CT molecular complexity index is 1360. The SMILES string of the molecule is Cc1cnc(Oc2cc3oc(=O)c(Cc4ccc(F)c(N)c4)c(C)c3cc2Cl)nc1.OCCO. The smallest absolute Gasteiger partial charge is 0.340 e. The zero-order valence-electron chi connectivity index (χ0n) is 18.5. The maximum Gasteiger partial charge on any atom is 0.340 e. The third kappa shape index (κ3) is 5.88. The Morgan fingerprint density at radius 3 is 2.41 bits per heavy atom. The number of nitrogens with zero attached hydrogens (tertiary/aromatic N) is 2. The number of hydrogen-bond donors (Lipinski definition) is 3. The molecule has 0 aliphatic heterocycles. The molecule has 10 heteroatoms. The average Bonchev–Trinajstić information content (AvgIpc) is 2.82. The van der Waals surface area contributed by atoms with Crippen LogP contribution in [-0.4, -0.2) is 33.4 Å². The molecule has 0 spiro atoms. The maximum absolute atomic E-state index is 13.4. The zero-order valence-corrected chi connectivity index (χ0v) is 19.3. The lowest BCUT2D eigenvalue weighted by Gasteiger charge is -2.11. The summed E-state index contributed by atoms with van der Waals surface area (Å²) in [6.07, 6.45) is 3.49. The van der Waals surface area contributed by atoms with E-state index < -0.39 is 11.4 Å². The normalized spacial score (nSPS) is 10.6. The van der Waals surface area contributed by atoms with Crippen molar-refractivity contribution in [1.82, 2.24) is 9.97 Å². The minimum atomic E-state index is -0.502. The van der Waals surface area contributed by atoms with Crippen LogP contribution in [0.5, 0.6) is 11.8 Å². The Morgan fingerprint density at radius 2 is 1.79 bits per heavy atom. The van der Waals surface area contributed by atoms with Crippen LogP contribution in [0.15, 0.2) is 51.9 Å². The molecule has 4 aromatic rings. The number of aryl methyl sites for hydroxylation is 2. The molecule has 0 amide bonds. The van der Waals surface area contributed by atoms with Gasteiger partial charge in [0.15, 0.2) is 5.75 Å². The van der Waals surface area contributed by atoms with Crippen LogP contribution in [0.25, 0.3) is 11.0 Å². The number of ether oxygens (including phenoxy) is 1. The summed E-state index contributed by atoms with van der Waals surface area (Å²) >= 11 is 6.39. The van der Waals surface area contributed by atoms with Crippen LogP contribution in [0.1, 0.15) is 22.3 Å². The van der Waals surface area contributed by atoms with E-state index in [4.69, 9.17) is 36.7 Å². The van der Waals surface area contributed by atoms with Crippen molar-refractivity contribution in [1.29, 1.82) is 0 Å². The maximum atomic E-state index is 13.4. The predicted octanol–water partition coefficient (Wildman–Crippen LogP) is 3.93. The van der Waals surface area contributed by atoms with Gasteiger partial charge < -0.3 is 25.1 Å². The molecule has 4 N–H and O–H groups in total. The zero-order chi connectivity index (χ0) is 24.8. The number of aromatic nitrogens is 2. The number of fused-ring (bicyclic) bond motifs is 1. The van der Waals surface area contributed by atoms with Crippen LogP contribution in [0.2, 0.25) is 5.02 Å². The third-order valence-corrected chi connectivity index (χ3v) is 5.13. The minimum Gasteiger partial charge on any atom is -0.423 e. The molecule has 0 radical (unpaired) electrons. The van der Waals surface area contributed by atoms with Crippen molar-refractivity contribution >= 4 is 28.3 Å². The lowest BCUT2D eigenvalue weighted by molar-refractivity contribution is 0.186. The fourth-order valence-corrected chi connectivity index (χ4v) is 3.31. The molecule has 0 saturated heterocycles. The molecule has 0 atom stereocenters. The Kier molecular flexibility index (Phi) is 8.17. The number of rotatable bonds is 5. The van der Waals surface area contributed by atoms with E-state index in [0.29, 0.717) is 32.7 Å². The minimum absolute atomic E-state index is 0.0264. The molecular formula is C24H23ClFN3O5. The molecular weight excluding hydrogens is 465 g/mol. The van der Waals surface area contributed by atoms with Crippen LogP contribution in [0.4, 0.5) is 10.1 Å². The highest BCUT2D eigenvalue weighted by Crippen LogP contribution is 2.34. The Labute approximate surface area is 199 Å². The highest BCUT2D eigenvalue weighted by Gasteiger charge is 2.16. The molecule has 0 unspecified atom stereocenters. The second kappa shape index (κ2) is 11.1. The quantitative estimate of drug-likeness (QED) is 0.285. The molecule has 4 rings (SSSR count). The molecule has 2 aromatic heterocycles. The van der Waals surface area contributed by atoms with E-state index in [1.807, 2.05) is 6.92 Å². The summed E-state index contributed by atoms with van der Waals surface area (Å²) in [5.74, 6) is -0.229. The van der Waals surface area contributed by atoms with Crippen molar-refractivity contribution in [2.45, 2.75) is 20.3 Å². The summed E-state index contributed by atoms with van der Waals surface area (Å²) in [5, 5.41) is 16.2.